The lowest BCUT2D eigenvalue weighted by Crippen LogP contribution is -2.44. The molecule has 3 N–H and O–H groups in total. The van der Waals surface area contributed by atoms with Crippen molar-refractivity contribution in [3.8, 4) is 0 Å². The molecule has 32 heavy (non-hydrogen) atoms. The number of benzene rings is 1. The van der Waals surface area contributed by atoms with Gasteiger partial charge in [-0.3, -0.25) is 9.58 Å². The molecule has 2 aromatic rings. The molecule has 1 saturated heterocycles. The van der Waals surface area contributed by atoms with Crippen LogP contribution < -0.4 is 11.1 Å². The van der Waals surface area contributed by atoms with E-state index >= 15 is 0 Å². The van der Waals surface area contributed by atoms with Gasteiger partial charge in [0.15, 0.2) is 0 Å². The van der Waals surface area contributed by atoms with Crippen LogP contribution in [0.4, 0.5) is 4.39 Å². The second kappa shape index (κ2) is 10.6. The van der Waals surface area contributed by atoms with Crippen molar-refractivity contribution in [2.45, 2.75) is 19.6 Å². The number of aromatic nitrogens is 2. The van der Waals surface area contributed by atoms with E-state index in [0.29, 0.717) is 20.0 Å². The monoisotopic (exact) mass is 591 g/mol. The molecule has 1 atom stereocenters. The topological polar surface area (TPSA) is 68.3 Å². The molecular formula is C22H25Cl2FIN5O. The van der Waals surface area contributed by atoms with Crippen molar-refractivity contribution < 1.29 is 9.13 Å². The number of piperazine rings is 1. The summed E-state index contributed by atoms with van der Waals surface area (Å²) in [5.41, 5.74) is 8.71. The molecule has 10 heteroatoms. The Morgan fingerprint density at radius 2 is 2.06 bits per heavy atom. The first-order valence-electron chi connectivity index (χ1n) is 10.4. The van der Waals surface area contributed by atoms with Crippen LogP contribution >= 0.6 is 43.9 Å². The van der Waals surface area contributed by atoms with Crippen molar-refractivity contribution in [3.05, 3.63) is 67.1 Å². The Hall–Kier alpha value is -1.46. The van der Waals surface area contributed by atoms with E-state index < -0.39 is 32.7 Å². The highest BCUT2D eigenvalue weighted by atomic mass is 127. The van der Waals surface area contributed by atoms with Crippen molar-refractivity contribution in [1.29, 1.82) is 0 Å². The number of hydrogen-bond acceptors (Lipinski definition) is 5. The fourth-order valence-electron chi connectivity index (χ4n) is 3.63. The van der Waals surface area contributed by atoms with E-state index in [2.05, 4.69) is 25.5 Å². The van der Waals surface area contributed by atoms with Gasteiger partial charge in [-0.15, -0.1) is 0 Å². The summed E-state index contributed by atoms with van der Waals surface area (Å²) in [7, 11) is 0. The predicted molar refractivity (Wildman–Crippen MR) is 137 cm³/mol. The van der Waals surface area contributed by atoms with Gasteiger partial charge in [0.2, 0.25) is 0 Å². The molecule has 1 fully saturated rings. The summed E-state index contributed by atoms with van der Waals surface area (Å²) in [5, 5.41) is 8.22. The Labute approximate surface area is 206 Å². The third-order valence-corrected chi connectivity index (χ3v) is 8.32. The van der Waals surface area contributed by atoms with Crippen LogP contribution in [-0.2, 0) is 11.3 Å². The molecule has 0 saturated carbocycles. The SMILES string of the molecule is CC(OC1=C(N)I=CC(c2cnn(CCN3CCNCC3)c2)=C1)c1c(Cl)ccc(F)c1Cl. The number of nitrogens with two attached hydrogens (primary N) is 1. The van der Waals surface area contributed by atoms with Crippen LogP contribution in [0.3, 0.4) is 0 Å². The molecule has 0 spiro atoms. The lowest BCUT2D eigenvalue weighted by Gasteiger charge is -2.26. The van der Waals surface area contributed by atoms with E-state index in [1.165, 1.54) is 12.1 Å². The highest BCUT2D eigenvalue weighted by molar-refractivity contribution is 14.2. The van der Waals surface area contributed by atoms with E-state index in [1.807, 2.05) is 17.0 Å². The first-order valence-corrected chi connectivity index (χ1v) is 13.4. The van der Waals surface area contributed by atoms with Gasteiger partial charge in [0, 0.05) is 55.1 Å². The number of rotatable bonds is 7. The first kappa shape index (κ1) is 23.7. The fourth-order valence-corrected chi connectivity index (χ4v) is 6.11. The van der Waals surface area contributed by atoms with Crippen LogP contribution in [0.2, 0.25) is 10.0 Å². The van der Waals surface area contributed by atoms with Crippen LogP contribution in [-0.4, -0.2) is 51.4 Å². The van der Waals surface area contributed by atoms with Gasteiger partial charge in [0.1, 0.15) is 21.4 Å². The summed E-state index contributed by atoms with van der Waals surface area (Å²) in [6.07, 6.45) is 5.28. The summed E-state index contributed by atoms with van der Waals surface area (Å²) in [5.74, 6) is 0.0464. The molecule has 0 radical (unpaired) electrons. The Morgan fingerprint density at radius 1 is 1.28 bits per heavy atom. The maximum atomic E-state index is 13.9. The van der Waals surface area contributed by atoms with E-state index in [1.54, 1.807) is 6.92 Å². The molecular weight excluding hydrogens is 567 g/mol. The summed E-state index contributed by atoms with van der Waals surface area (Å²) in [4.78, 5) is 2.44. The molecule has 4 rings (SSSR count). The van der Waals surface area contributed by atoms with E-state index in [4.69, 9.17) is 33.7 Å². The number of nitrogens with zero attached hydrogens (tertiary/aromatic N) is 3. The lowest BCUT2D eigenvalue weighted by molar-refractivity contribution is 0.142. The lowest BCUT2D eigenvalue weighted by atomic mass is 10.1. The molecule has 0 bridgehead atoms. The number of allylic oxidation sites excluding steroid dienone is 2. The number of halogens is 4. The van der Waals surface area contributed by atoms with Gasteiger partial charge < -0.3 is 15.8 Å². The Balaban J connectivity index is 1.46. The molecule has 1 aromatic heterocycles. The second-order valence-corrected chi connectivity index (χ2v) is 10.8. The second-order valence-electron chi connectivity index (χ2n) is 7.63. The van der Waals surface area contributed by atoms with Crippen LogP contribution in [0.15, 0.2) is 40.1 Å². The summed E-state index contributed by atoms with van der Waals surface area (Å²) in [6.45, 7) is 7.82. The van der Waals surface area contributed by atoms with Crippen molar-refractivity contribution in [2.24, 2.45) is 5.73 Å². The standard InChI is InChI=1S/C22H25Cl2FIN5O/c1-14(20-17(23)2-3-18(25)21(20)24)32-19-10-15(11-26-22(19)27)16-12-29-31(13-16)9-8-30-6-4-28-5-7-30/h2-3,10-14,28H,4-9,27H2,1H3. The van der Waals surface area contributed by atoms with Crippen LogP contribution in [0.5, 0.6) is 0 Å². The molecule has 0 amide bonds. The third-order valence-electron chi connectivity index (χ3n) is 5.42. The minimum Gasteiger partial charge on any atom is -0.483 e. The quantitative estimate of drug-likeness (QED) is 0.285. The summed E-state index contributed by atoms with van der Waals surface area (Å²) in [6, 6.07) is 2.72. The van der Waals surface area contributed by atoms with Crippen molar-refractivity contribution in [2.75, 3.05) is 32.7 Å². The smallest absolute Gasteiger partial charge is 0.149 e. The molecule has 1 unspecified atom stereocenters. The molecule has 1 aromatic carbocycles. The van der Waals surface area contributed by atoms with E-state index in [0.717, 1.165) is 50.4 Å². The van der Waals surface area contributed by atoms with Gasteiger partial charge >= 0.3 is 0 Å². The summed E-state index contributed by atoms with van der Waals surface area (Å²) < 4.78 is 24.9. The first-order chi connectivity index (χ1) is 15.4. The third kappa shape index (κ3) is 5.53. The normalized spacial score (nSPS) is 18.3. The predicted octanol–water partition coefficient (Wildman–Crippen LogP) is 4.31. The van der Waals surface area contributed by atoms with Gasteiger partial charge in [0.05, 0.1) is 17.8 Å². The zero-order chi connectivity index (χ0) is 22.7. The molecule has 0 aliphatic carbocycles. The molecule has 6 nitrogen and oxygen atoms in total. The minimum atomic E-state index is -0.555. The van der Waals surface area contributed by atoms with Gasteiger partial charge in [0.25, 0.3) is 0 Å². The molecule has 172 valence electrons. The van der Waals surface area contributed by atoms with Crippen molar-refractivity contribution in [1.82, 2.24) is 20.0 Å². The summed E-state index contributed by atoms with van der Waals surface area (Å²) >= 11 is 11.9. The van der Waals surface area contributed by atoms with Crippen LogP contribution in [0, 0.1) is 5.82 Å². The molecule has 2 aliphatic rings. The number of hydrogen-bond donors (Lipinski definition) is 2. The maximum absolute atomic E-state index is 13.9. The highest BCUT2D eigenvalue weighted by Crippen LogP contribution is 2.37. The molecule has 3 heterocycles. The largest absolute Gasteiger partial charge is 0.483 e. The number of ether oxygens (including phenoxy) is 1. The van der Waals surface area contributed by atoms with Gasteiger partial charge in [-0.1, -0.05) is 43.9 Å². The van der Waals surface area contributed by atoms with Gasteiger partial charge in [-0.25, -0.2) is 4.39 Å². The van der Waals surface area contributed by atoms with Crippen molar-refractivity contribution in [3.63, 3.8) is 0 Å². The zero-order valence-electron chi connectivity index (χ0n) is 17.6. The van der Waals surface area contributed by atoms with Crippen LogP contribution in [0.25, 0.3) is 5.57 Å². The van der Waals surface area contributed by atoms with Gasteiger partial charge in [-0.2, -0.15) is 5.10 Å². The maximum Gasteiger partial charge on any atom is 0.149 e. The Morgan fingerprint density at radius 3 is 2.84 bits per heavy atom. The average molecular weight is 592 g/mol. The van der Waals surface area contributed by atoms with E-state index in [9.17, 15) is 4.39 Å². The minimum absolute atomic E-state index is 0.0313. The highest BCUT2D eigenvalue weighted by Gasteiger charge is 2.21. The number of nitrogens with one attached hydrogen (secondary N) is 1. The van der Waals surface area contributed by atoms with Gasteiger partial charge in [-0.05, 0) is 34.7 Å². The average Bonchev–Trinajstić information content (AvgIpc) is 3.26. The molecule has 2 aliphatic heterocycles. The van der Waals surface area contributed by atoms with Crippen LogP contribution in [0.1, 0.15) is 24.2 Å². The van der Waals surface area contributed by atoms with Crippen molar-refractivity contribution >= 4 is 53.5 Å². The zero-order valence-corrected chi connectivity index (χ0v) is 21.3. The Bertz CT molecular complexity index is 1080. The fraction of sp³-hybridized carbons (Fsp3) is 0.364. The van der Waals surface area contributed by atoms with E-state index in [-0.39, 0.29) is 5.02 Å². The Kier molecular flexibility index (Phi) is 7.88.